The Balaban J connectivity index is 2.15. The number of nitrogens with zero attached hydrogens (tertiary/aromatic N) is 1. The zero-order chi connectivity index (χ0) is 14.5. The molecule has 2 aromatic rings. The largest absolute Gasteiger partial charge is 0.324 e. The Hall–Kier alpha value is -2.55. The monoisotopic (exact) mass is 286 g/mol. The van der Waals surface area contributed by atoms with Gasteiger partial charge in [-0.15, -0.1) is 0 Å². The predicted molar refractivity (Wildman–Crippen MR) is 78.4 cm³/mol. The summed E-state index contributed by atoms with van der Waals surface area (Å²) in [5, 5.41) is 11.8. The number of amides is 1. The Labute approximate surface area is 120 Å². The number of nitrogens with one attached hydrogen (secondary N) is 2. The van der Waals surface area contributed by atoms with Gasteiger partial charge < -0.3 is 10.7 Å². The van der Waals surface area contributed by atoms with Crippen molar-refractivity contribution < 1.29 is 4.79 Å². The number of hydrogen-bond donors (Lipinski definition) is 3. The van der Waals surface area contributed by atoms with Crippen molar-refractivity contribution in [3.63, 3.8) is 0 Å². The van der Waals surface area contributed by atoms with E-state index in [1.165, 1.54) is 6.07 Å². The van der Waals surface area contributed by atoms with Crippen molar-refractivity contribution in [2.24, 2.45) is 5.84 Å². The number of hydrogen-bond acceptors (Lipinski definition) is 4. The molecule has 20 heavy (non-hydrogen) atoms. The van der Waals surface area contributed by atoms with Crippen molar-refractivity contribution in [1.82, 2.24) is 0 Å². The van der Waals surface area contributed by atoms with Gasteiger partial charge in [0.1, 0.15) is 6.07 Å². The van der Waals surface area contributed by atoms with E-state index >= 15 is 0 Å². The molecular weight excluding hydrogens is 276 g/mol. The summed E-state index contributed by atoms with van der Waals surface area (Å²) >= 11 is 5.90. The molecule has 0 unspecified atom stereocenters. The van der Waals surface area contributed by atoms with E-state index in [1.807, 2.05) is 6.07 Å². The van der Waals surface area contributed by atoms with Gasteiger partial charge in [0.05, 0.1) is 10.6 Å². The number of hydrazine groups is 1. The molecule has 2 rings (SSSR count). The van der Waals surface area contributed by atoms with E-state index in [0.717, 1.165) is 0 Å². The molecule has 0 aliphatic rings. The van der Waals surface area contributed by atoms with Gasteiger partial charge in [-0.2, -0.15) is 5.26 Å². The van der Waals surface area contributed by atoms with Crippen molar-refractivity contribution >= 4 is 28.9 Å². The number of nitriles is 1. The summed E-state index contributed by atoms with van der Waals surface area (Å²) < 4.78 is 0. The molecule has 0 fully saturated rings. The number of carbonyl (C=O) groups is 1. The highest BCUT2D eigenvalue weighted by molar-refractivity contribution is 6.32. The maximum absolute atomic E-state index is 12.0. The molecule has 0 aliphatic heterocycles. The molecule has 2 aromatic carbocycles. The van der Waals surface area contributed by atoms with Crippen LogP contribution in [0.15, 0.2) is 42.5 Å². The Morgan fingerprint density at radius 2 is 1.80 bits per heavy atom. The van der Waals surface area contributed by atoms with Gasteiger partial charge in [0, 0.05) is 16.9 Å². The number of anilines is 2. The van der Waals surface area contributed by atoms with Crippen LogP contribution in [0.25, 0.3) is 0 Å². The third kappa shape index (κ3) is 3.06. The van der Waals surface area contributed by atoms with Gasteiger partial charge >= 0.3 is 0 Å². The van der Waals surface area contributed by atoms with Crippen LogP contribution in [-0.4, -0.2) is 5.91 Å². The Bertz CT molecular complexity index is 677. The molecule has 0 aliphatic carbocycles. The maximum Gasteiger partial charge on any atom is 0.255 e. The summed E-state index contributed by atoms with van der Waals surface area (Å²) in [6.45, 7) is 0. The molecule has 4 N–H and O–H groups in total. The second-order valence-electron chi connectivity index (χ2n) is 3.98. The minimum atomic E-state index is -0.269. The number of nitrogens with two attached hydrogens (primary N) is 1. The van der Waals surface area contributed by atoms with Crippen LogP contribution in [0, 0.1) is 11.3 Å². The highest BCUT2D eigenvalue weighted by Crippen LogP contribution is 2.20. The molecule has 0 heterocycles. The Morgan fingerprint density at radius 1 is 1.15 bits per heavy atom. The third-order valence-corrected chi connectivity index (χ3v) is 2.97. The number of nitrogen functional groups attached to an aromatic ring is 1. The predicted octanol–water partition coefficient (Wildman–Crippen LogP) is 2.75. The Morgan fingerprint density at radius 3 is 2.35 bits per heavy atom. The lowest BCUT2D eigenvalue weighted by atomic mass is 10.1. The van der Waals surface area contributed by atoms with Gasteiger partial charge in [0.25, 0.3) is 5.91 Å². The van der Waals surface area contributed by atoms with Crippen LogP contribution in [0.3, 0.4) is 0 Å². The fraction of sp³-hybridized carbons (Fsp3) is 0. The summed E-state index contributed by atoms with van der Waals surface area (Å²) in [7, 11) is 0. The second-order valence-corrected chi connectivity index (χ2v) is 4.39. The van der Waals surface area contributed by atoms with Crippen LogP contribution in [-0.2, 0) is 0 Å². The summed E-state index contributed by atoms with van der Waals surface area (Å²) in [5.41, 5.74) is 4.58. The normalized spacial score (nSPS) is 9.65. The van der Waals surface area contributed by atoms with E-state index in [0.29, 0.717) is 27.5 Å². The van der Waals surface area contributed by atoms with Crippen LogP contribution in [0.2, 0.25) is 5.02 Å². The standard InChI is InChI=1S/C14H11ClN4O/c15-13-7-12(6-3-10(13)8-16)18-14(20)9-1-4-11(19-17)5-2-9/h1-7,19H,17H2,(H,18,20). The lowest BCUT2D eigenvalue weighted by Gasteiger charge is -2.07. The lowest BCUT2D eigenvalue weighted by Crippen LogP contribution is -2.12. The van der Waals surface area contributed by atoms with Gasteiger partial charge in [0.2, 0.25) is 0 Å². The van der Waals surface area contributed by atoms with Crippen molar-refractivity contribution in [1.29, 1.82) is 5.26 Å². The van der Waals surface area contributed by atoms with E-state index in [1.54, 1.807) is 36.4 Å². The smallest absolute Gasteiger partial charge is 0.255 e. The molecule has 0 spiro atoms. The molecule has 0 saturated carbocycles. The number of halogens is 1. The van der Waals surface area contributed by atoms with E-state index in [4.69, 9.17) is 22.7 Å². The minimum Gasteiger partial charge on any atom is -0.324 e. The fourth-order valence-corrected chi connectivity index (χ4v) is 1.83. The number of benzene rings is 2. The summed E-state index contributed by atoms with van der Waals surface area (Å²) in [6.07, 6.45) is 0. The van der Waals surface area contributed by atoms with Gasteiger partial charge in [-0.05, 0) is 42.5 Å². The first-order valence-electron chi connectivity index (χ1n) is 5.71. The quantitative estimate of drug-likeness (QED) is 0.598. The van der Waals surface area contributed by atoms with Crippen LogP contribution < -0.4 is 16.6 Å². The first kappa shape index (κ1) is 13.9. The number of rotatable bonds is 3. The molecule has 5 nitrogen and oxygen atoms in total. The number of carbonyl (C=O) groups excluding carboxylic acids is 1. The molecule has 1 amide bonds. The van der Waals surface area contributed by atoms with E-state index in [2.05, 4.69) is 10.7 Å². The molecule has 0 aromatic heterocycles. The van der Waals surface area contributed by atoms with E-state index < -0.39 is 0 Å². The van der Waals surface area contributed by atoms with Crippen molar-refractivity contribution in [3.8, 4) is 6.07 Å². The molecule has 100 valence electrons. The molecule has 0 saturated heterocycles. The van der Waals surface area contributed by atoms with Crippen molar-refractivity contribution in [3.05, 3.63) is 58.6 Å². The van der Waals surface area contributed by atoms with Crippen LogP contribution in [0.4, 0.5) is 11.4 Å². The van der Waals surface area contributed by atoms with Crippen LogP contribution in [0.5, 0.6) is 0 Å². The van der Waals surface area contributed by atoms with E-state index in [9.17, 15) is 4.79 Å². The highest BCUT2D eigenvalue weighted by atomic mass is 35.5. The van der Waals surface area contributed by atoms with Gasteiger partial charge in [-0.3, -0.25) is 10.6 Å². The summed E-state index contributed by atoms with van der Waals surface area (Å²) in [5.74, 6) is 4.98. The first-order valence-corrected chi connectivity index (χ1v) is 6.09. The first-order chi connectivity index (χ1) is 9.63. The molecule has 0 bridgehead atoms. The topological polar surface area (TPSA) is 90.9 Å². The van der Waals surface area contributed by atoms with Gasteiger partial charge in [-0.1, -0.05) is 11.6 Å². The average Bonchev–Trinajstić information content (AvgIpc) is 2.47. The zero-order valence-electron chi connectivity index (χ0n) is 10.4. The van der Waals surface area contributed by atoms with Gasteiger partial charge in [0.15, 0.2) is 0 Å². The maximum atomic E-state index is 12.0. The zero-order valence-corrected chi connectivity index (χ0v) is 11.1. The average molecular weight is 287 g/mol. The second kappa shape index (κ2) is 6.06. The summed E-state index contributed by atoms with van der Waals surface area (Å²) in [6, 6.07) is 13.4. The molecular formula is C14H11ClN4O. The van der Waals surface area contributed by atoms with Crippen molar-refractivity contribution in [2.75, 3.05) is 10.7 Å². The summed E-state index contributed by atoms with van der Waals surface area (Å²) in [4.78, 5) is 12.0. The van der Waals surface area contributed by atoms with E-state index in [-0.39, 0.29) is 5.91 Å². The van der Waals surface area contributed by atoms with Crippen molar-refractivity contribution in [2.45, 2.75) is 0 Å². The van der Waals surface area contributed by atoms with Gasteiger partial charge in [-0.25, -0.2) is 0 Å². The van der Waals surface area contributed by atoms with Crippen LogP contribution in [0.1, 0.15) is 15.9 Å². The molecule has 0 atom stereocenters. The SMILES string of the molecule is N#Cc1ccc(NC(=O)c2ccc(NN)cc2)cc1Cl. The fourth-order valence-electron chi connectivity index (χ4n) is 1.60. The molecule has 0 radical (unpaired) electrons. The Kier molecular flexibility index (Phi) is 4.20. The third-order valence-electron chi connectivity index (χ3n) is 2.66. The van der Waals surface area contributed by atoms with Crippen LogP contribution >= 0.6 is 11.6 Å². The molecule has 6 heteroatoms. The lowest BCUT2D eigenvalue weighted by molar-refractivity contribution is 0.102. The minimum absolute atomic E-state index is 0.269. The highest BCUT2D eigenvalue weighted by Gasteiger charge is 2.07.